The van der Waals surface area contributed by atoms with Gasteiger partial charge in [-0.1, -0.05) is 6.92 Å². The van der Waals surface area contributed by atoms with E-state index in [1.54, 1.807) is 4.31 Å². The summed E-state index contributed by atoms with van der Waals surface area (Å²) in [5, 5.41) is 0. The Labute approximate surface area is 122 Å². The lowest BCUT2D eigenvalue weighted by Gasteiger charge is -2.29. The van der Waals surface area contributed by atoms with Crippen molar-refractivity contribution in [2.45, 2.75) is 38.6 Å². The van der Waals surface area contributed by atoms with Crippen LogP contribution < -0.4 is 0 Å². The maximum absolute atomic E-state index is 12.4. The van der Waals surface area contributed by atoms with E-state index in [-0.39, 0.29) is 24.2 Å². The molecule has 1 atom stereocenters. The second-order valence-corrected chi connectivity index (χ2v) is 7.33. The zero-order valence-corrected chi connectivity index (χ0v) is 13.5. The van der Waals surface area contributed by atoms with Crippen molar-refractivity contribution >= 4 is 16.0 Å². The average molecular weight is 306 g/mol. The van der Waals surface area contributed by atoms with E-state index in [2.05, 4.69) is 9.64 Å². The maximum atomic E-state index is 12.4. The van der Waals surface area contributed by atoms with Crippen LogP contribution in [-0.2, 0) is 19.6 Å². The first-order chi connectivity index (χ1) is 9.40. The van der Waals surface area contributed by atoms with Crippen LogP contribution in [0.3, 0.4) is 0 Å². The van der Waals surface area contributed by atoms with Gasteiger partial charge < -0.3 is 9.64 Å². The SMILES string of the molecule is CCC1CN(C)CCCN1S(=O)(=O)CCCC(=O)OC. The van der Waals surface area contributed by atoms with Gasteiger partial charge in [-0.25, -0.2) is 8.42 Å². The molecule has 1 unspecified atom stereocenters. The molecule has 1 saturated heterocycles. The molecule has 1 aliphatic heterocycles. The highest BCUT2D eigenvalue weighted by Crippen LogP contribution is 2.17. The Morgan fingerprint density at radius 2 is 2.05 bits per heavy atom. The van der Waals surface area contributed by atoms with Crippen LogP contribution in [0.2, 0.25) is 0 Å². The van der Waals surface area contributed by atoms with Gasteiger partial charge in [-0.05, 0) is 32.9 Å². The molecule has 20 heavy (non-hydrogen) atoms. The Hall–Kier alpha value is -0.660. The van der Waals surface area contributed by atoms with Crippen LogP contribution in [0.25, 0.3) is 0 Å². The van der Waals surface area contributed by atoms with Crippen LogP contribution in [0.5, 0.6) is 0 Å². The molecular weight excluding hydrogens is 280 g/mol. The number of likely N-dealkylation sites (N-methyl/N-ethyl adjacent to an activating group) is 1. The number of carbonyl (C=O) groups excluding carboxylic acids is 1. The Balaban J connectivity index is 2.65. The standard InChI is InChI=1S/C13H26N2O4S/c1-4-12-11-14(2)8-6-9-15(12)20(17,18)10-5-7-13(16)19-3/h12H,4-11H2,1-3H3. The fourth-order valence-corrected chi connectivity index (χ4v) is 4.36. The van der Waals surface area contributed by atoms with Crippen molar-refractivity contribution in [3.05, 3.63) is 0 Å². The first-order valence-corrected chi connectivity index (χ1v) is 8.76. The molecule has 0 radical (unpaired) electrons. The average Bonchev–Trinajstić information content (AvgIpc) is 2.59. The molecular formula is C13H26N2O4S. The van der Waals surface area contributed by atoms with Crippen LogP contribution in [0.4, 0.5) is 0 Å². The lowest BCUT2D eigenvalue weighted by atomic mass is 10.2. The third kappa shape index (κ3) is 5.03. The van der Waals surface area contributed by atoms with Crippen LogP contribution >= 0.6 is 0 Å². The molecule has 1 aliphatic rings. The minimum Gasteiger partial charge on any atom is -0.469 e. The molecule has 1 heterocycles. The van der Waals surface area contributed by atoms with E-state index in [1.165, 1.54) is 7.11 Å². The molecule has 0 aromatic carbocycles. The lowest BCUT2D eigenvalue weighted by molar-refractivity contribution is -0.140. The summed E-state index contributed by atoms with van der Waals surface area (Å²) in [6, 6.07) is 0.0330. The number of nitrogens with zero attached hydrogens (tertiary/aromatic N) is 2. The summed E-state index contributed by atoms with van der Waals surface area (Å²) in [6.45, 7) is 4.28. The van der Waals surface area contributed by atoms with E-state index in [0.717, 1.165) is 25.9 Å². The molecule has 0 aromatic heterocycles. The predicted molar refractivity (Wildman–Crippen MR) is 77.9 cm³/mol. The molecule has 1 fully saturated rings. The van der Waals surface area contributed by atoms with Crippen molar-refractivity contribution in [1.29, 1.82) is 0 Å². The molecule has 0 aromatic rings. The summed E-state index contributed by atoms with van der Waals surface area (Å²) < 4.78 is 31.0. The molecule has 0 saturated carbocycles. The number of methoxy groups -OCH3 is 1. The Bertz CT molecular complexity index is 411. The van der Waals surface area contributed by atoms with Gasteiger partial charge in [0.1, 0.15) is 0 Å². The first-order valence-electron chi connectivity index (χ1n) is 7.15. The highest BCUT2D eigenvalue weighted by atomic mass is 32.2. The topological polar surface area (TPSA) is 66.9 Å². The zero-order valence-electron chi connectivity index (χ0n) is 12.7. The molecule has 0 aliphatic carbocycles. The van der Waals surface area contributed by atoms with Gasteiger partial charge in [0, 0.05) is 25.6 Å². The molecule has 1 rings (SSSR count). The van der Waals surface area contributed by atoms with Crippen LogP contribution in [0, 0.1) is 0 Å². The summed E-state index contributed by atoms with van der Waals surface area (Å²) >= 11 is 0. The molecule has 0 bridgehead atoms. The third-order valence-electron chi connectivity index (χ3n) is 3.69. The summed E-state index contributed by atoms with van der Waals surface area (Å²) in [5.74, 6) is -0.342. The van der Waals surface area contributed by atoms with E-state index < -0.39 is 10.0 Å². The number of hydrogen-bond acceptors (Lipinski definition) is 5. The molecule has 118 valence electrons. The Morgan fingerprint density at radius 1 is 1.35 bits per heavy atom. The van der Waals surface area contributed by atoms with Crippen molar-refractivity contribution in [2.75, 3.05) is 39.5 Å². The molecule has 0 amide bonds. The zero-order chi connectivity index (χ0) is 15.2. The smallest absolute Gasteiger partial charge is 0.305 e. The summed E-state index contributed by atoms with van der Waals surface area (Å²) in [5.41, 5.74) is 0. The van der Waals surface area contributed by atoms with Crippen molar-refractivity contribution in [1.82, 2.24) is 9.21 Å². The fourth-order valence-electron chi connectivity index (χ4n) is 2.54. The van der Waals surface area contributed by atoms with Crippen molar-refractivity contribution in [3.63, 3.8) is 0 Å². The molecule has 0 spiro atoms. The first kappa shape index (κ1) is 17.4. The van der Waals surface area contributed by atoms with E-state index >= 15 is 0 Å². The predicted octanol–water partition coefficient (Wildman–Crippen LogP) is 0.686. The van der Waals surface area contributed by atoms with Crippen molar-refractivity contribution in [2.24, 2.45) is 0 Å². The molecule has 7 heteroatoms. The third-order valence-corrected chi connectivity index (χ3v) is 5.69. The Kier molecular flexibility index (Phi) is 6.91. The summed E-state index contributed by atoms with van der Waals surface area (Å²) in [4.78, 5) is 13.2. The second kappa shape index (κ2) is 7.95. The quantitative estimate of drug-likeness (QED) is 0.675. The van der Waals surface area contributed by atoms with Crippen LogP contribution in [0.1, 0.15) is 32.6 Å². The largest absolute Gasteiger partial charge is 0.469 e. The number of ether oxygens (including phenoxy) is 1. The second-order valence-electron chi connectivity index (χ2n) is 5.28. The van der Waals surface area contributed by atoms with Gasteiger partial charge in [-0.2, -0.15) is 4.31 Å². The van der Waals surface area contributed by atoms with Gasteiger partial charge in [0.2, 0.25) is 10.0 Å². The highest BCUT2D eigenvalue weighted by molar-refractivity contribution is 7.89. The van der Waals surface area contributed by atoms with E-state index in [4.69, 9.17) is 0 Å². The number of rotatable bonds is 6. The number of carbonyl (C=O) groups is 1. The molecule has 6 nitrogen and oxygen atoms in total. The van der Waals surface area contributed by atoms with Crippen LogP contribution in [-0.4, -0.2) is 69.2 Å². The van der Waals surface area contributed by atoms with Gasteiger partial charge in [0.15, 0.2) is 0 Å². The van der Waals surface area contributed by atoms with Gasteiger partial charge in [-0.3, -0.25) is 4.79 Å². The summed E-state index contributed by atoms with van der Waals surface area (Å²) in [7, 11) is 0.0415. The number of hydrogen-bond donors (Lipinski definition) is 0. The fraction of sp³-hybridized carbons (Fsp3) is 0.923. The van der Waals surface area contributed by atoms with Gasteiger partial charge >= 0.3 is 5.97 Å². The number of esters is 1. The Morgan fingerprint density at radius 3 is 2.65 bits per heavy atom. The minimum absolute atomic E-state index is 0.0162. The number of sulfonamides is 1. The summed E-state index contributed by atoms with van der Waals surface area (Å²) in [6.07, 6.45) is 2.13. The van der Waals surface area contributed by atoms with Crippen LogP contribution in [0.15, 0.2) is 0 Å². The van der Waals surface area contributed by atoms with E-state index in [0.29, 0.717) is 13.0 Å². The lowest BCUT2D eigenvalue weighted by Crippen LogP contribution is -2.44. The van der Waals surface area contributed by atoms with Gasteiger partial charge in [0.05, 0.1) is 12.9 Å². The van der Waals surface area contributed by atoms with Crippen molar-refractivity contribution in [3.8, 4) is 0 Å². The van der Waals surface area contributed by atoms with E-state index in [1.807, 2.05) is 14.0 Å². The molecule has 0 N–H and O–H groups in total. The minimum atomic E-state index is -3.30. The van der Waals surface area contributed by atoms with E-state index in [9.17, 15) is 13.2 Å². The van der Waals surface area contributed by atoms with Crippen molar-refractivity contribution < 1.29 is 17.9 Å². The van der Waals surface area contributed by atoms with Gasteiger partial charge in [-0.15, -0.1) is 0 Å². The highest BCUT2D eigenvalue weighted by Gasteiger charge is 2.31. The monoisotopic (exact) mass is 306 g/mol. The van der Waals surface area contributed by atoms with Gasteiger partial charge in [0.25, 0.3) is 0 Å². The normalized spacial score (nSPS) is 22.4. The maximum Gasteiger partial charge on any atom is 0.305 e.